The molecule has 1 amide bonds. The summed E-state index contributed by atoms with van der Waals surface area (Å²) < 4.78 is 0. The van der Waals surface area contributed by atoms with Crippen LogP contribution in [0.1, 0.15) is 425 Å². The van der Waals surface area contributed by atoms with E-state index in [1.54, 1.807) is 0 Å². The van der Waals surface area contributed by atoms with Crippen molar-refractivity contribution in [2.45, 2.75) is 443 Å². The molecule has 5 nitrogen and oxygen atoms in total. The van der Waals surface area contributed by atoms with E-state index in [1.165, 1.54) is 366 Å². The first-order valence-electron chi connectivity index (χ1n) is 35.8. The van der Waals surface area contributed by atoms with Gasteiger partial charge in [-0.2, -0.15) is 0 Å². The minimum Gasteiger partial charge on any atom is -0.394 e. The lowest BCUT2D eigenvalue weighted by Crippen LogP contribution is -2.46. The van der Waals surface area contributed by atoms with Crippen molar-refractivity contribution in [3.63, 3.8) is 0 Å². The molecule has 3 atom stereocenters. The van der Waals surface area contributed by atoms with Gasteiger partial charge in [-0.1, -0.05) is 406 Å². The lowest BCUT2D eigenvalue weighted by atomic mass is 10.0. The number of aliphatic hydroxyl groups is 3. The molecular formula is C71H143NO4. The molecule has 3 unspecified atom stereocenters. The zero-order chi connectivity index (χ0) is 55.0. The van der Waals surface area contributed by atoms with Gasteiger partial charge in [0, 0.05) is 0 Å². The van der Waals surface area contributed by atoms with Crippen LogP contribution in [0.3, 0.4) is 0 Å². The van der Waals surface area contributed by atoms with Crippen molar-refractivity contribution in [2.24, 2.45) is 0 Å². The van der Waals surface area contributed by atoms with Gasteiger partial charge in [0.1, 0.15) is 0 Å². The summed E-state index contributed by atoms with van der Waals surface area (Å²) in [7, 11) is 0. The standard InChI is InChI=1S/C71H143NO4/c1-3-5-7-9-11-13-15-17-19-21-23-25-27-29-30-31-32-33-34-35-36-37-38-39-40-41-42-44-46-48-50-52-54-56-58-60-62-64-68(74)66-71(76)72-69(67-73)70(75)65-63-61-59-57-55-53-51-49-47-45-43-28-26-24-22-20-18-16-14-12-10-8-6-4-2/h68-70,73-75H,3-67H2,1-2H3,(H,72,76). The molecule has 0 rings (SSSR count). The third kappa shape index (κ3) is 62.5. The smallest absolute Gasteiger partial charge is 0.222 e. The molecule has 456 valence electrons. The molecule has 0 aliphatic carbocycles. The largest absolute Gasteiger partial charge is 0.394 e. The first-order chi connectivity index (χ1) is 37.5. The lowest BCUT2D eigenvalue weighted by Gasteiger charge is -2.23. The maximum atomic E-state index is 12.6. The highest BCUT2D eigenvalue weighted by Crippen LogP contribution is 2.20. The van der Waals surface area contributed by atoms with Crippen LogP contribution in [0.4, 0.5) is 0 Å². The summed E-state index contributed by atoms with van der Waals surface area (Å²) >= 11 is 0. The fraction of sp³-hybridized carbons (Fsp3) is 0.986. The number of aliphatic hydroxyl groups excluding tert-OH is 3. The molecular weight excluding hydrogens is 931 g/mol. The zero-order valence-corrected chi connectivity index (χ0v) is 52.4. The van der Waals surface area contributed by atoms with Crippen molar-refractivity contribution in [3.8, 4) is 0 Å². The van der Waals surface area contributed by atoms with Gasteiger partial charge in [0.25, 0.3) is 0 Å². The quantitative estimate of drug-likeness (QED) is 0.0457. The fourth-order valence-corrected chi connectivity index (χ4v) is 12.0. The van der Waals surface area contributed by atoms with Crippen LogP contribution in [0.5, 0.6) is 0 Å². The van der Waals surface area contributed by atoms with Crippen LogP contribution in [0, 0.1) is 0 Å². The Morgan fingerprint density at radius 2 is 0.447 bits per heavy atom. The van der Waals surface area contributed by atoms with Crippen LogP contribution in [0.25, 0.3) is 0 Å². The van der Waals surface area contributed by atoms with Crippen LogP contribution < -0.4 is 5.32 Å². The summed E-state index contributed by atoms with van der Waals surface area (Å²) in [6.07, 6.45) is 84.8. The number of carbonyl (C=O) groups is 1. The molecule has 4 N–H and O–H groups in total. The molecule has 0 heterocycles. The topological polar surface area (TPSA) is 89.8 Å². The fourth-order valence-electron chi connectivity index (χ4n) is 12.0. The number of amides is 1. The molecule has 0 spiro atoms. The maximum Gasteiger partial charge on any atom is 0.222 e. The molecule has 0 bridgehead atoms. The van der Waals surface area contributed by atoms with Crippen molar-refractivity contribution in [1.29, 1.82) is 0 Å². The minimum absolute atomic E-state index is 0.0440. The number of nitrogens with one attached hydrogen (secondary N) is 1. The minimum atomic E-state index is -0.747. The summed E-state index contributed by atoms with van der Waals surface area (Å²) in [5.74, 6) is -0.272. The van der Waals surface area contributed by atoms with E-state index >= 15 is 0 Å². The van der Waals surface area contributed by atoms with Crippen molar-refractivity contribution >= 4 is 5.91 Å². The Kier molecular flexibility index (Phi) is 66.3. The van der Waals surface area contributed by atoms with Gasteiger partial charge >= 0.3 is 0 Å². The second kappa shape index (κ2) is 66.9. The van der Waals surface area contributed by atoms with Gasteiger partial charge in [-0.25, -0.2) is 0 Å². The van der Waals surface area contributed by atoms with Crippen LogP contribution >= 0.6 is 0 Å². The molecule has 0 saturated carbocycles. The highest BCUT2D eigenvalue weighted by Gasteiger charge is 2.21. The zero-order valence-electron chi connectivity index (χ0n) is 52.4. The predicted octanol–water partition coefficient (Wildman–Crippen LogP) is 23.2. The lowest BCUT2D eigenvalue weighted by molar-refractivity contribution is -0.125. The molecule has 0 aromatic heterocycles. The SMILES string of the molecule is CCCCCCCCCCCCCCCCCCCCCCCCCCCCCCCCCCCCCCCC(O)CC(=O)NC(CO)C(O)CCCCCCCCCCCCCCCCCCCCCCCCCC. The molecule has 0 fully saturated rings. The average Bonchev–Trinajstić information content (AvgIpc) is 3.42. The van der Waals surface area contributed by atoms with E-state index in [0.717, 1.165) is 25.7 Å². The number of unbranched alkanes of at least 4 members (excludes halogenated alkanes) is 59. The van der Waals surface area contributed by atoms with Crippen LogP contribution in [-0.2, 0) is 4.79 Å². The van der Waals surface area contributed by atoms with Gasteiger partial charge in [0.15, 0.2) is 0 Å². The molecule has 0 aromatic carbocycles. The van der Waals surface area contributed by atoms with Gasteiger partial charge in [-0.3, -0.25) is 4.79 Å². The summed E-state index contributed by atoms with van der Waals surface area (Å²) in [4.78, 5) is 12.6. The molecule has 0 radical (unpaired) electrons. The second-order valence-corrected chi connectivity index (χ2v) is 25.2. The van der Waals surface area contributed by atoms with Crippen molar-refractivity contribution in [3.05, 3.63) is 0 Å². The molecule has 0 saturated heterocycles. The summed E-state index contributed by atoms with van der Waals surface area (Å²) in [5, 5.41) is 33.8. The van der Waals surface area contributed by atoms with Gasteiger partial charge < -0.3 is 20.6 Å². The summed E-state index contributed by atoms with van der Waals surface area (Å²) in [6, 6.07) is -0.656. The van der Waals surface area contributed by atoms with Gasteiger partial charge in [-0.15, -0.1) is 0 Å². The van der Waals surface area contributed by atoms with Crippen molar-refractivity contribution in [1.82, 2.24) is 5.32 Å². The van der Waals surface area contributed by atoms with E-state index in [0.29, 0.717) is 12.8 Å². The maximum absolute atomic E-state index is 12.6. The van der Waals surface area contributed by atoms with E-state index in [-0.39, 0.29) is 18.9 Å². The predicted molar refractivity (Wildman–Crippen MR) is 338 cm³/mol. The molecule has 76 heavy (non-hydrogen) atoms. The third-order valence-corrected chi connectivity index (χ3v) is 17.4. The Hall–Kier alpha value is -0.650. The number of hydrogen-bond acceptors (Lipinski definition) is 4. The summed E-state index contributed by atoms with van der Waals surface area (Å²) in [6.45, 7) is 4.33. The van der Waals surface area contributed by atoms with Crippen molar-refractivity contribution in [2.75, 3.05) is 6.61 Å². The molecule has 0 aliphatic heterocycles. The number of hydrogen-bond donors (Lipinski definition) is 4. The van der Waals surface area contributed by atoms with Crippen LogP contribution in [0.2, 0.25) is 0 Å². The Labute approximate surface area is 478 Å². The Morgan fingerprint density at radius 3 is 0.632 bits per heavy atom. The first-order valence-corrected chi connectivity index (χ1v) is 35.8. The van der Waals surface area contributed by atoms with E-state index in [4.69, 9.17) is 0 Å². The van der Waals surface area contributed by atoms with Gasteiger partial charge in [-0.05, 0) is 12.8 Å². The van der Waals surface area contributed by atoms with Crippen LogP contribution in [-0.4, -0.2) is 46.1 Å². The Morgan fingerprint density at radius 1 is 0.276 bits per heavy atom. The van der Waals surface area contributed by atoms with Gasteiger partial charge in [0.2, 0.25) is 5.91 Å². The molecule has 0 aliphatic rings. The highest BCUT2D eigenvalue weighted by molar-refractivity contribution is 5.76. The average molecular weight is 1070 g/mol. The van der Waals surface area contributed by atoms with Crippen LogP contribution in [0.15, 0.2) is 0 Å². The van der Waals surface area contributed by atoms with E-state index in [9.17, 15) is 20.1 Å². The van der Waals surface area contributed by atoms with Gasteiger partial charge in [0.05, 0.1) is 31.3 Å². The molecule has 0 aromatic rings. The number of carbonyl (C=O) groups excluding carboxylic acids is 1. The van der Waals surface area contributed by atoms with E-state index < -0.39 is 18.2 Å². The Balaban J connectivity index is 3.40. The normalized spacial score (nSPS) is 13.0. The second-order valence-electron chi connectivity index (χ2n) is 25.2. The highest BCUT2D eigenvalue weighted by atomic mass is 16.3. The third-order valence-electron chi connectivity index (χ3n) is 17.4. The first kappa shape index (κ1) is 75.3. The number of rotatable bonds is 68. The Bertz CT molecular complexity index is 1050. The molecule has 5 heteroatoms. The summed E-state index contributed by atoms with van der Waals surface area (Å²) in [5.41, 5.74) is 0. The monoisotopic (exact) mass is 1070 g/mol. The van der Waals surface area contributed by atoms with E-state index in [1.807, 2.05) is 0 Å². The van der Waals surface area contributed by atoms with Crippen molar-refractivity contribution < 1.29 is 20.1 Å². The van der Waals surface area contributed by atoms with E-state index in [2.05, 4.69) is 19.2 Å².